The van der Waals surface area contributed by atoms with Crippen LogP contribution in [0.5, 0.6) is 0 Å². The summed E-state index contributed by atoms with van der Waals surface area (Å²) in [5, 5.41) is 0. The molecular formula is C59H108O6. The Bertz CT molecular complexity index is 1090. The zero-order valence-electron chi connectivity index (χ0n) is 43.5. The lowest BCUT2D eigenvalue weighted by Crippen LogP contribution is -2.30. The fourth-order valence-electron chi connectivity index (χ4n) is 8.45. The van der Waals surface area contributed by atoms with Crippen molar-refractivity contribution < 1.29 is 28.6 Å². The monoisotopic (exact) mass is 913 g/mol. The maximum absolute atomic E-state index is 12.8. The summed E-state index contributed by atoms with van der Waals surface area (Å²) in [6.07, 6.45) is 64.2. The Balaban J connectivity index is 4.31. The van der Waals surface area contributed by atoms with Crippen LogP contribution in [-0.2, 0) is 28.6 Å². The van der Waals surface area contributed by atoms with E-state index < -0.39 is 6.10 Å². The van der Waals surface area contributed by atoms with Gasteiger partial charge in [-0.2, -0.15) is 0 Å². The van der Waals surface area contributed by atoms with Crippen molar-refractivity contribution in [2.24, 2.45) is 0 Å². The van der Waals surface area contributed by atoms with Gasteiger partial charge in [-0.3, -0.25) is 14.4 Å². The molecule has 0 aromatic rings. The molecule has 65 heavy (non-hydrogen) atoms. The summed E-state index contributed by atoms with van der Waals surface area (Å²) in [6, 6.07) is 0. The van der Waals surface area contributed by atoms with E-state index in [1.165, 1.54) is 180 Å². The van der Waals surface area contributed by atoms with Gasteiger partial charge in [-0.05, 0) is 38.5 Å². The zero-order valence-corrected chi connectivity index (χ0v) is 43.5. The molecule has 380 valence electrons. The fraction of sp³-hybridized carbons (Fsp3) is 0.847. The van der Waals surface area contributed by atoms with Crippen LogP contribution in [0.15, 0.2) is 36.5 Å². The van der Waals surface area contributed by atoms with E-state index in [1.807, 2.05) is 0 Å². The SMILES string of the molecule is CC/C=C/C=C/C=C/CCCCCCCC(=O)OCC(COC(=O)CCCCCCCCCCCCCCCCCCCCC)OC(=O)CCCCCCCCCCCCCCCCC. The molecule has 0 saturated heterocycles. The normalized spacial score (nSPS) is 12.2. The van der Waals surface area contributed by atoms with Gasteiger partial charge in [0.05, 0.1) is 0 Å². The molecule has 0 spiro atoms. The Morgan fingerprint density at radius 3 is 0.923 bits per heavy atom. The number of carbonyl (C=O) groups excluding carboxylic acids is 3. The van der Waals surface area contributed by atoms with Crippen LogP contribution in [-0.4, -0.2) is 37.2 Å². The molecule has 6 nitrogen and oxygen atoms in total. The van der Waals surface area contributed by atoms with Gasteiger partial charge in [-0.15, -0.1) is 0 Å². The van der Waals surface area contributed by atoms with Crippen molar-refractivity contribution in [1.82, 2.24) is 0 Å². The van der Waals surface area contributed by atoms with Crippen LogP contribution in [0.2, 0.25) is 0 Å². The summed E-state index contributed by atoms with van der Waals surface area (Å²) in [5.74, 6) is -0.877. The summed E-state index contributed by atoms with van der Waals surface area (Å²) >= 11 is 0. The van der Waals surface area contributed by atoms with Crippen LogP contribution in [0.4, 0.5) is 0 Å². The largest absolute Gasteiger partial charge is 0.462 e. The van der Waals surface area contributed by atoms with E-state index >= 15 is 0 Å². The highest BCUT2D eigenvalue weighted by Crippen LogP contribution is 2.17. The van der Waals surface area contributed by atoms with Gasteiger partial charge in [0.15, 0.2) is 6.10 Å². The number of unbranched alkanes of at least 4 members (excludes halogenated alkanes) is 37. The van der Waals surface area contributed by atoms with E-state index in [0.29, 0.717) is 19.3 Å². The smallest absolute Gasteiger partial charge is 0.306 e. The third-order valence-electron chi connectivity index (χ3n) is 12.7. The number of ether oxygens (including phenoxy) is 3. The number of hydrogen-bond donors (Lipinski definition) is 0. The van der Waals surface area contributed by atoms with E-state index in [2.05, 4.69) is 57.2 Å². The van der Waals surface area contributed by atoms with Crippen LogP contribution < -0.4 is 0 Å². The van der Waals surface area contributed by atoms with Crippen LogP contribution >= 0.6 is 0 Å². The molecule has 1 unspecified atom stereocenters. The summed E-state index contributed by atoms with van der Waals surface area (Å²) in [5.41, 5.74) is 0. The van der Waals surface area contributed by atoms with Crippen molar-refractivity contribution in [1.29, 1.82) is 0 Å². The predicted molar refractivity (Wildman–Crippen MR) is 279 cm³/mol. The van der Waals surface area contributed by atoms with E-state index in [9.17, 15) is 14.4 Å². The van der Waals surface area contributed by atoms with E-state index in [-0.39, 0.29) is 31.1 Å². The molecule has 0 saturated carbocycles. The van der Waals surface area contributed by atoms with E-state index in [1.54, 1.807) is 0 Å². The van der Waals surface area contributed by atoms with Gasteiger partial charge in [-0.1, -0.05) is 282 Å². The first-order chi connectivity index (χ1) is 32.0. The minimum Gasteiger partial charge on any atom is -0.462 e. The highest BCUT2D eigenvalue weighted by Gasteiger charge is 2.19. The fourth-order valence-corrected chi connectivity index (χ4v) is 8.45. The number of hydrogen-bond acceptors (Lipinski definition) is 6. The second-order valence-electron chi connectivity index (χ2n) is 19.2. The summed E-state index contributed by atoms with van der Waals surface area (Å²) in [6.45, 7) is 6.54. The van der Waals surface area contributed by atoms with Crippen molar-refractivity contribution in [2.45, 2.75) is 309 Å². The van der Waals surface area contributed by atoms with E-state index in [0.717, 1.165) is 83.5 Å². The van der Waals surface area contributed by atoms with Gasteiger partial charge < -0.3 is 14.2 Å². The standard InChI is InChI=1S/C59H108O6/c1-4-7-10-13-16-19-22-25-27-28-29-30-32-34-37-40-43-46-49-52-58(61)64-55-56(54-63-57(60)51-48-45-42-39-36-33-24-21-18-15-12-9-6-3)65-59(62)53-50-47-44-41-38-35-31-26-23-20-17-14-11-8-5-2/h9,12,15,18,21,24,56H,4-8,10-11,13-14,16-17,19-20,22-23,25-55H2,1-3H3/b12-9+,18-15+,24-21+. The average molecular weight is 914 g/mol. The average Bonchev–Trinajstić information content (AvgIpc) is 3.30. The number of esters is 3. The van der Waals surface area contributed by atoms with Gasteiger partial charge in [0.2, 0.25) is 0 Å². The lowest BCUT2D eigenvalue weighted by molar-refractivity contribution is -0.167. The van der Waals surface area contributed by atoms with Gasteiger partial charge >= 0.3 is 17.9 Å². The Morgan fingerprint density at radius 2 is 0.600 bits per heavy atom. The van der Waals surface area contributed by atoms with Gasteiger partial charge in [0.25, 0.3) is 0 Å². The molecule has 0 bridgehead atoms. The quantitative estimate of drug-likeness (QED) is 0.0262. The molecule has 0 aliphatic carbocycles. The number of allylic oxidation sites excluding steroid dienone is 6. The molecule has 0 aromatic carbocycles. The predicted octanol–water partition coefficient (Wildman–Crippen LogP) is 18.9. The Labute approximate surface area is 404 Å². The lowest BCUT2D eigenvalue weighted by Gasteiger charge is -2.18. The Morgan fingerprint density at radius 1 is 0.323 bits per heavy atom. The second kappa shape index (κ2) is 54.2. The molecule has 6 heteroatoms. The van der Waals surface area contributed by atoms with Crippen LogP contribution in [0.3, 0.4) is 0 Å². The first-order valence-corrected chi connectivity index (χ1v) is 28.5. The molecule has 0 N–H and O–H groups in total. The highest BCUT2D eigenvalue weighted by atomic mass is 16.6. The van der Waals surface area contributed by atoms with Crippen molar-refractivity contribution in [3.63, 3.8) is 0 Å². The van der Waals surface area contributed by atoms with Crippen molar-refractivity contribution >= 4 is 17.9 Å². The minimum absolute atomic E-state index is 0.0739. The third kappa shape index (κ3) is 52.5. The molecule has 0 radical (unpaired) electrons. The van der Waals surface area contributed by atoms with Gasteiger partial charge in [0.1, 0.15) is 13.2 Å². The first kappa shape index (κ1) is 62.6. The summed E-state index contributed by atoms with van der Waals surface area (Å²) < 4.78 is 16.9. The highest BCUT2D eigenvalue weighted by molar-refractivity contribution is 5.71. The molecule has 0 rings (SSSR count). The van der Waals surface area contributed by atoms with Crippen molar-refractivity contribution in [2.75, 3.05) is 13.2 Å². The first-order valence-electron chi connectivity index (χ1n) is 28.5. The maximum Gasteiger partial charge on any atom is 0.306 e. The summed E-state index contributed by atoms with van der Waals surface area (Å²) in [7, 11) is 0. The van der Waals surface area contributed by atoms with Crippen molar-refractivity contribution in [3.05, 3.63) is 36.5 Å². The molecule has 0 aliphatic heterocycles. The minimum atomic E-state index is -0.776. The molecule has 0 aromatic heterocycles. The molecule has 1 atom stereocenters. The van der Waals surface area contributed by atoms with Gasteiger partial charge in [0, 0.05) is 19.3 Å². The second-order valence-corrected chi connectivity index (χ2v) is 19.2. The molecule has 0 aliphatic rings. The lowest BCUT2D eigenvalue weighted by atomic mass is 10.0. The molecular weight excluding hydrogens is 805 g/mol. The van der Waals surface area contributed by atoms with Crippen molar-refractivity contribution in [3.8, 4) is 0 Å². The van der Waals surface area contributed by atoms with Gasteiger partial charge in [-0.25, -0.2) is 0 Å². The third-order valence-corrected chi connectivity index (χ3v) is 12.7. The summed E-state index contributed by atoms with van der Waals surface area (Å²) in [4.78, 5) is 38.1. The van der Waals surface area contributed by atoms with Crippen LogP contribution in [0.1, 0.15) is 303 Å². The Hall–Kier alpha value is -2.37. The maximum atomic E-state index is 12.8. The Kier molecular flexibility index (Phi) is 52.3. The molecule has 0 heterocycles. The molecule has 0 fully saturated rings. The van der Waals surface area contributed by atoms with Crippen LogP contribution in [0, 0.1) is 0 Å². The number of carbonyl (C=O) groups is 3. The topological polar surface area (TPSA) is 78.9 Å². The zero-order chi connectivity index (χ0) is 47.2. The molecule has 0 amide bonds. The number of rotatable bonds is 52. The van der Waals surface area contributed by atoms with Crippen LogP contribution in [0.25, 0.3) is 0 Å². The van der Waals surface area contributed by atoms with E-state index in [4.69, 9.17) is 14.2 Å².